The number of hydrogen-bond donors (Lipinski definition) is 2. The fraction of sp³-hybridized carbons (Fsp3) is 0.933. The van der Waals surface area contributed by atoms with Crippen molar-refractivity contribution in [3.8, 4) is 0 Å². The van der Waals surface area contributed by atoms with Gasteiger partial charge in [0.2, 0.25) is 5.91 Å². The van der Waals surface area contributed by atoms with E-state index in [-0.39, 0.29) is 23.3 Å². The first-order chi connectivity index (χ1) is 9.00. The number of likely N-dealkylation sites (tertiary alicyclic amines) is 1. The van der Waals surface area contributed by atoms with Gasteiger partial charge in [0.15, 0.2) is 0 Å². The summed E-state index contributed by atoms with van der Waals surface area (Å²) in [5.74, 6) is 0.435. The minimum Gasteiger partial charge on any atom is -0.393 e. The molecule has 4 nitrogen and oxygen atoms in total. The van der Waals surface area contributed by atoms with Crippen molar-refractivity contribution in [1.29, 1.82) is 0 Å². The summed E-state index contributed by atoms with van der Waals surface area (Å²) in [6, 6.07) is 0. The van der Waals surface area contributed by atoms with Gasteiger partial charge in [0.1, 0.15) is 0 Å². The summed E-state index contributed by atoms with van der Waals surface area (Å²) in [4.78, 5) is 14.7. The average molecular weight is 270 g/mol. The largest absolute Gasteiger partial charge is 0.393 e. The molecule has 2 unspecified atom stereocenters. The van der Waals surface area contributed by atoms with Crippen LogP contribution in [0.5, 0.6) is 0 Å². The van der Waals surface area contributed by atoms with Crippen molar-refractivity contribution in [2.45, 2.75) is 59.0 Å². The highest BCUT2D eigenvalue weighted by molar-refractivity contribution is 5.83. The van der Waals surface area contributed by atoms with Gasteiger partial charge < -0.3 is 15.7 Å². The van der Waals surface area contributed by atoms with Gasteiger partial charge in [-0.15, -0.1) is 0 Å². The summed E-state index contributed by atoms with van der Waals surface area (Å²) in [6.07, 6.45) is 4.27. The molecular weight excluding hydrogens is 240 g/mol. The maximum Gasteiger partial charge on any atom is 0.230 e. The minimum absolute atomic E-state index is 0.210. The minimum atomic E-state index is -0.378. The average Bonchev–Trinajstić information content (AvgIpc) is 2.87. The Balaban J connectivity index is 2.77. The zero-order valence-corrected chi connectivity index (χ0v) is 12.7. The molecule has 1 heterocycles. The molecule has 1 aliphatic heterocycles. The highest BCUT2D eigenvalue weighted by Crippen LogP contribution is 2.33. The van der Waals surface area contributed by atoms with E-state index in [0.29, 0.717) is 13.1 Å². The van der Waals surface area contributed by atoms with E-state index in [1.54, 1.807) is 0 Å². The second kappa shape index (κ2) is 7.25. The molecule has 1 saturated heterocycles. The van der Waals surface area contributed by atoms with Gasteiger partial charge >= 0.3 is 0 Å². The van der Waals surface area contributed by atoms with Crippen LogP contribution in [0.3, 0.4) is 0 Å². The fourth-order valence-corrected chi connectivity index (χ4v) is 3.29. The van der Waals surface area contributed by atoms with Crippen LogP contribution in [0, 0.1) is 11.3 Å². The Hall–Kier alpha value is -0.610. The number of carbonyl (C=O) groups is 1. The molecule has 0 bridgehead atoms. The van der Waals surface area contributed by atoms with E-state index in [0.717, 1.165) is 38.6 Å². The lowest BCUT2D eigenvalue weighted by Gasteiger charge is -2.35. The first-order valence-electron chi connectivity index (χ1n) is 7.68. The molecule has 19 heavy (non-hydrogen) atoms. The Kier molecular flexibility index (Phi) is 6.27. The van der Waals surface area contributed by atoms with Gasteiger partial charge in [0.05, 0.1) is 11.5 Å². The number of nitrogens with two attached hydrogens (primary N) is 1. The van der Waals surface area contributed by atoms with Crippen LogP contribution >= 0.6 is 0 Å². The fourth-order valence-electron chi connectivity index (χ4n) is 3.29. The van der Waals surface area contributed by atoms with Gasteiger partial charge in [-0.2, -0.15) is 0 Å². The Morgan fingerprint density at radius 3 is 2.37 bits per heavy atom. The molecule has 0 saturated carbocycles. The summed E-state index contributed by atoms with van der Waals surface area (Å²) < 4.78 is 0. The Morgan fingerprint density at radius 2 is 2.00 bits per heavy atom. The SMILES string of the molecule is CCCC(CN)(CCC)C(=O)N1CCC(C(C)O)C1. The van der Waals surface area contributed by atoms with E-state index >= 15 is 0 Å². The highest BCUT2D eigenvalue weighted by atomic mass is 16.3. The summed E-state index contributed by atoms with van der Waals surface area (Å²) in [7, 11) is 0. The molecule has 1 rings (SSSR count). The van der Waals surface area contributed by atoms with Crippen LogP contribution in [-0.4, -0.2) is 41.7 Å². The number of rotatable bonds is 7. The molecule has 1 aliphatic rings. The van der Waals surface area contributed by atoms with E-state index in [9.17, 15) is 9.90 Å². The van der Waals surface area contributed by atoms with Crippen LogP contribution in [0.15, 0.2) is 0 Å². The Morgan fingerprint density at radius 1 is 1.42 bits per heavy atom. The van der Waals surface area contributed by atoms with Crippen molar-refractivity contribution < 1.29 is 9.90 Å². The Labute approximate surface area is 117 Å². The number of amides is 1. The zero-order valence-electron chi connectivity index (χ0n) is 12.7. The second-order valence-corrected chi connectivity index (χ2v) is 6.02. The van der Waals surface area contributed by atoms with Crippen molar-refractivity contribution >= 4 is 5.91 Å². The van der Waals surface area contributed by atoms with Crippen LogP contribution in [-0.2, 0) is 4.79 Å². The normalized spacial score (nSPS) is 21.7. The highest BCUT2D eigenvalue weighted by Gasteiger charge is 2.41. The lowest BCUT2D eigenvalue weighted by molar-refractivity contribution is -0.141. The van der Waals surface area contributed by atoms with Crippen LogP contribution < -0.4 is 5.73 Å². The van der Waals surface area contributed by atoms with Gasteiger partial charge in [-0.1, -0.05) is 26.7 Å². The van der Waals surface area contributed by atoms with E-state index in [4.69, 9.17) is 5.73 Å². The van der Waals surface area contributed by atoms with Crippen LogP contribution in [0.1, 0.15) is 52.9 Å². The third-order valence-electron chi connectivity index (χ3n) is 4.50. The molecule has 2 atom stereocenters. The molecule has 4 heteroatoms. The standard InChI is InChI=1S/C15H30N2O2/c1-4-7-15(11-16,8-5-2)14(19)17-9-6-13(10-17)12(3)18/h12-13,18H,4-11,16H2,1-3H3. The summed E-state index contributed by atoms with van der Waals surface area (Å²) in [5.41, 5.74) is 5.57. The predicted molar refractivity (Wildman–Crippen MR) is 77.7 cm³/mol. The molecule has 1 fully saturated rings. The number of carbonyl (C=O) groups excluding carboxylic acids is 1. The van der Waals surface area contributed by atoms with Crippen molar-refractivity contribution in [1.82, 2.24) is 4.90 Å². The van der Waals surface area contributed by atoms with Crippen molar-refractivity contribution in [2.75, 3.05) is 19.6 Å². The molecule has 3 N–H and O–H groups in total. The molecule has 0 spiro atoms. The quantitative estimate of drug-likeness (QED) is 0.741. The number of nitrogens with zero attached hydrogens (tertiary/aromatic N) is 1. The summed E-state index contributed by atoms with van der Waals surface area (Å²) in [5, 5.41) is 9.66. The van der Waals surface area contributed by atoms with E-state index in [1.165, 1.54) is 0 Å². The predicted octanol–water partition coefficient (Wildman–Crippen LogP) is 1.76. The van der Waals surface area contributed by atoms with Crippen LogP contribution in [0.25, 0.3) is 0 Å². The maximum atomic E-state index is 12.8. The monoisotopic (exact) mass is 270 g/mol. The van der Waals surface area contributed by atoms with Crippen molar-refractivity contribution in [3.05, 3.63) is 0 Å². The maximum absolute atomic E-state index is 12.8. The number of hydrogen-bond acceptors (Lipinski definition) is 3. The van der Waals surface area contributed by atoms with Crippen LogP contribution in [0.2, 0.25) is 0 Å². The third-order valence-corrected chi connectivity index (χ3v) is 4.50. The van der Waals surface area contributed by atoms with E-state index in [1.807, 2.05) is 11.8 Å². The molecule has 112 valence electrons. The van der Waals surface area contributed by atoms with Crippen LogP contribution in [0.4, 0.5) is 0 Å². The van der Waals surface area contributed by atoms with Crippen molar-refractivity contribution in [2.24, 2.45) is 17.1 Å². The summed E-state index contributed by atoms with van der Waals surface area (Å²) >= 11 is 0. The first kappa shape index (κ1) is 16.4. The van der Waals surface area contributed by atoms with E-state index in [2.05, 4.69) is 13.8 Å². The molecule has 0 aromatic rings. The van der Waals surface area contributed by atoms with Crippen molar-refractivity contribution in [3.63, 3.8) is 0 Å². The lowest BCUT2D eigenvalue weighted by atomic mass is 9.78. The molecule has 0 aromatic heterocycles. The zero-order chi connectivity index (χ0) is 14.5. The number of aliphatic hydroxyl groups is 1. The molecule has 0 aliphatic carbocycles. The molecular formula is C15H30N2O2. The van der Waals surface area contributed by atoms with Gasteiger partial charge in [0, 0.05) is 25.6 Å². The lowest BCUT2D eigenvalue weighted by Crippen LogP contribution is -2.47. The topological polar surface area (TPSA) is 66.6 Å². The van der Waals surface area contributed by atoms with Gasteiger partial charge in [-0.05, 0) is 26.2 Å². The number of aliphatic hydroxyl groups excluding tert-OH is 1. The summed E-state index contributed by atoms with van der Waals surface area (Å²) in [6.45, 7) is 7.91. The molecule has 1 amide bonds. The third kappa shape index (κ3) is 3.69. The Bertz CT molecular complexity index is 286. The molecule has 0 radical (unpaired) electrons. The van der Waals surface area contributed by atoms with Gasteiger partial charge in [-0.25, -0.2) is 0 Å². The smallest absolute Gasteiger partial charge is 0.230 e. The molecule has 0 aromatic carbocycles. The first-order valence-corrected chi connectivity index (χ1v) is 7.68. The van der Waals surface area contributed by atoms with Gasteiger partial charge in [0.25, 0.3) is 0 Å². The second-order valence-electron chi connectivity index (χ2n) is 6.02. The van der Waals surface area contributed by atoms with E-state index < -0.39 is 0 Å². The van der Waals surface area contributed by atoms with Gasteiger partial charge in [-0.3, -0.25) is 4.79 Å².